The maximum atomic E-state index is 12.1. The number of carbonyl (C=O) groups is 1. The molecule has 0 saturated carbocycles. The topological polar surface area (TPSA) is 60.4 Å². The number of rotatable bonds is 7. The van der Waals surface area contributed by atoms with Gasteiger partial charge in [0.05, 0.1) is 12.5 Å². The molecule has 0 radical (unpaired) electrons. The van der Waals surface area contributed by atoms with Crippen LogP contribution in [0.4, 0.5) is 5.69 Å². The van der Waals surface area contributed by atoms with E-state index in [1.54, 1.807) is 0 Å². The van der Waals surface area contributed by atoms with Crippen LogP contribution in [0.5, 0.6) is 0 Å². The number of benzene rings is 1. The quantitative estimate of drug-likeness (QED) is 0.188. The summed E-state index contributed by atoms with van der Waals surface area (Å²) < 4.78 is 5.21. The van der Waals surface area contributed by atoms with Crippen molar-refractivity contribution < 1.29 is 9.53 Å². The van der Waals surface area contributed by atoms with Gasteiger partial charge in [-0.2, -0.15) is 0 Å². The lowest BCUT2D eigenvalue weighted by atomic mass is 9.98. The first-order valence-electron chi connectivity index (χ1n) is 11.4. The Kier molecular flexibility index (Phi) is 11.4. The maximum Gasteiger partial charge on any atom is 0.310 e. The minimum absolute atomic E-state index is 0. The molecule has 0 aliphatic carbocycles. The molecule has 1 aromatic rings. The van der Waals surface area contributed by atoms with E-state index in [2.05, 4.69) is 55.3 Å². The lowest BCUT2D eigenvalue weighted by Gasteiger charge is -2.36. The predicted molar refractivity (Wildman–Crippen MR) is 137 cm³/mol. The molecule has 2 heterocycles. The van der Waals surface area contributed by atoms with E-state index >= 15 is 0 Å². The number of guanidine groups is 1. The summed E-state index contributed by atoms with van der Waals surface area (Å²) in [5.41, 5.74) is 1.32. The van der Waals surface area contributed by atoms with Crippen molar-refractivity contribution in [3.05, 3.63) is 30.3 Å². The molecule has 0 aromatic heterocycles. The van der Waals surface area contributed by atoms with Crippen LogP contribution in [0, 0.1) is 5.92 Å². The summed E-state index contributed by atoms with van der Waals surface area (Å²) >= 11 is 0. The molecule has 8 heteroatoms. The number of likely N-dealkylation sites (tertiary alicyclic amines) is 1. The third kappa shape index (κ3) is 7.82. The molecule has 0 spiro atoms. The molecule has 2 saturated heterocycles. The number of para-hydroxylation sites is 1. The average molecular weight is 543 g/mol. The predicted octanol–water partition coefficient (Wildman–Crippen LogP) is 2.67. The molecule has 1 N–H and O–H groups in total. The summed E-state index contributed by atoms with van der Waals surface area (Å²) in [6.07, 6.45) is 2.98. The van der Waals surface area contributed by atoms with Gasteiger partial charge in [0.2, 0.25) is 0 Å². The molecule has 2 aliphatic rings. The van der Waals surface area contributed by atoms with E-state index in [0.29, 0.717) is 13.2 Å². The molecular weight excluding hydrogens is 505 g/mol. The van der Waals surface area contributed by atoms with Crippen LogP contribution < -0.4 is 10.2 Å². The highest BCUT2D eigenvalue weighted by Gasteiger charge is 2.28. The summed E-state index contributed by atoms with van der Waals surface area (Å²) in [5.74, 6) is 0.781. The Bertz CT molecular complexity index is 680. The van der Waals surface area contributed by atoms with Crippen LogP contribution in [-0.2, 0) is 9.53 Å². The summed E-state index contributed by atoms with van der Waals surface area (Å²) in [6.45, 7) is 10.3. The van der Waals surface area contributed by atoms with Gasteiger partial charge in [-0.3, -0.25) is 14.7 Å². The molecule has 174 valence electrons. The molecule has 1 unspecified atom stereocenters. The van der Waals surface area contributed by atoms with Crippen molar-refractivity contribution in [3.8, 4) is 0 Å². The van der Waals surface area contributed by atoms with Crippen LogP contribution in [0.1, 0.15) is 26.2 Å². The minimum atomic E-state index is -0.0766. The van der Waals surface area contributed by atoms with Gasteiger partial charge in [0.15, 0.2) is 5.96 Å². The molecule has 31 heavy (non-hydrogen) atoms. The first-order chi connectivity index (χ1) is 14.7. The van der Waals surface area contributed by atoms with Crippen LogP contribution >= 0.6 is 24.0 Å². The SMILES string of the molecule is CCOC(=O)C1CCCN(C(=NC)NCCCN2CCN(c3ccccc3)CC2)C1.I. The molecule has 0 bridgehead atoms. The van der Waals surface area contributed by atoms with Crippen molar-refractivity contribution in [2.45, 2.75) is 26.2 Å². The van der Waals surface area contributed by atoms with Crippen molar-refractivity contribution in [3.63, 3.8) is 0 Å². The standard InChI is InChI=1S/C23H37N5O2.HI/c1-3-30-22(29)20-9-7-14-28(19-20)23(24-2)25-12-8-13-26-15-17-27(18-16-26)21-10-5-4-6-11-21;/h4-6,10-11,20H,3,7-9,12-19H2,1-2H3,(H,24,25);1H. The smallest absolute Gasteiger partial charge is 0.310 e. The van der Waals surface area contributed by atoms with E-state index in [1.807, 2.05) is 14.0 Å². The molecule has 2 aliphatic heterocycles. The summed E-state index contributed by atoms with van der Waals surface area (Å²) in [6, 6.07) is 10.7. The highest BCUT2D eigenvalue weighted by molar-refractivity contribution is 14.0. The monoisotopic (exact) mass is 543 g/mol. The summed E-state index contributed by atoms with van der Waals surface area (Å²) in [4.78, 5) is 23.7. The van der Waals surface area contributed by atoms with Gasteiger partial charge in [-0.15, -0.1) is 24.0 Å². The Morgan fingerprint density at radius 2 is 1.90 bits per heavy atom. The van der Waals surface area contributed by atoms with E-state index in [-0.39, 0.29) is 35.9 Å². The van der Waals surface area contributed by atoms with Gasteiger partial charge in [-0.25, -0.2) is 0 Å². The minimum Gasteiger partial charge on any atom is -0.466 e. The fourth-order valence-corrected chi connectivity index (χ4v) is 4.33. The van der Waals surface area contributed by atoms with Crippen LogP contribution in [0.15, 0.2) is 35.3 Å². The number of nitrogens with one attached hydrogen (secondary N) is 1. The van der Waals surface area contributed by atoms with Crippen molar-refractivity contribution >= 4 is 41.6 Å². The zero-order valence-corrected chi connectivity index (χ0v) is 21.3. The van der Waals surface area contributed by atoms with Gasteiger partial charge in [-0.1, -0.05) is 18.2 Å². The zero-order chi connectivity index (χ0) is 21.2. The molecule has 7 nitrogen and oxygen atoms in total. The number of aliphatic imine (C=N–C) groups is 1. The summed E-state index contributed by atoms with van der Waals surface area (Å²) in [5, 5.41) is 3.49. The maximum absolute atomic E-state index is 12.1. The van der Waals surface area contributed by atoms with E-state index in [0.717, 1.165) is 71.0 Å². The van der Waals surface area contributed by atoms with Crippen molar-refractivity contribution in [1.82, 2.24) is 15.1 Å². The van der Waals surface area contributed by atoms with Gasteiger partial charge in [-0.05, 0) is 44.9 Å². The van der Waals surface area contributed by atoms with Gasteiger partial charge >= 0.3 is 5.97 Å². The normalized spacial score (nSPS) is 20.2. The van der Waals surface area contributed by atoms with Crippen LogP contribution in [0.3, 0.4) is 0 Å². The fraction of sp³-hybridized carbons (Fsp3) is 0.652. The number of nitrogens with zero attached hydrogens (tertiary/aromatic N) is 4. The van der Waals surface area contributed by atoms with Crippen molar-refractivity contribution in [1.29, 1.82) is 0 Å². The first kappa shape index (κ1) is 25.7. The number of halogens is 1. The number of anilines is 1. The Hall–Kier alpha value is -1.55. The highest BCUT2D eigenvalue weighted by atomic mass is 127. The molecule has 3 rings (SSSR count). The fourth-order valence-electron chi connectivity index (χ4n) is 4.33. The van der Waals surface area contributed by atoms with E-state index in [1.165, 1.54) is 5.69 Å². The van der Waals surface area contributed by atoms with Crippen molar-refractivity contribution in [2.24, 2.45) is 10.9 Å². The van der Waals surface area contributed by atoms with E-state index < -0.39 is 0 Å². The first-order valence-corrected chi connectivity index (χ1v) is 11.4. The number of carbonyl (C=O) groups excluding carboxylic acids is 1. The van der Waals surface area contributed by atoms with E-state index in [4.69, 9.17) is 4.74 Å². The second-order valence-electron chi connectivity index (χ2n) is 8.03. The van der Waals surface area contributed by atoms with Crippen LogP contribution in [-0.4, -0.2) is 87.7 Å². The highest BCUT2D eigenvalue weighted by Crippen LogP contribution is 2.18. The Morgan fingerprint density at radius 1 is 1.16 bits per heavy atom. The molecule has 2 fully saturated rings. The zero-order valence-electron chi connectivity index (χ0n) is 19.0. The number of ether oxygens (including phenoxy) is 1. The second-order valence-corrected chi connectivity index (χ2v) is 8.03. The van der Waals surface area contributed by atoms with Crippen molar-refractivity contribution in [2.75, 3.05) is 70.9 Å². The second kappa shape index (κ2) is 13.8. The molecular formula is C23H38IN5O2. The number of piperazine rings is 1. The van der Waals surface area contributed by atoms with Crippen LogP contribution in [0.25, 0.3) is 0 Å². The Labute approximate surface area is 204 Å². The molecule has 1 atom stereocenters. The largest absolute Gasteiger partial charge is 0.466 e. The third-order valence-corrected chi connectivity index (χ3v) is 5.98. The lowest BCUT2D eigenvalue weighted by molar-refractivity contribution is -0.149. The Balaban J connectivity index is 0.00000341. The molecule has 0 amide bonds. The van der Waals surface area contributed by atoms with Gasteiger partial charge in [0.1, 0.15) is 0 Å². The van der Waals surface area contributed by atoms with Gasteiger partial charge < -0.3 is 19.9 Å². The van der Waals surface area contributed by atoms with E-state index in [9.17, 15) is 4.79 Å². The van der Waals surface area contributed by atoms with Crippen LogP contribution in [0.2, 0.25) is 0 Å². The third-order valence-electron chi connectivity index (χ3n) is 5.98. The number of piperidine rings is 1. The average Bonchev–Trinajstić information content (AvgIpc) is 2.80. The number of hydrogen-bond donors (Lipinski definition) is 1. The Morgan fingerprint density at radius 3 is 2.58 bits per heavy atom. The molecule has 1 aromatic carbocycles. The number of hydrogen-bond acceptors (Lipinski definition) is 5. The summed E-state index contributed by atoms with van der Waals surface area (Å²) in [7, 11) is 1.82. The van der Waals surface area contributed by atoms with Gasteiger partial charge in [0.25, 0.3) is 0 Å². The van der Waals surface area contributed by atoms with Gasteiger partial charge in [0, 0.05) is 58.5 Å². The lowest BCUT2D eigenvalue weighted by Crippen LogP contribution is -2.49. The number of esters is 1.